The van der Waals surface area contributed by atoms with Crippen LogP contribution in [0.1, 0.15) is 0 Å². The smallest absolute Gasteiger partial charge is 0.264 e. The number of benzene rings is 2. The van der Waals surface area contributed by atoms with Gasteiger partial charge in [-0.05, 0) is 66.8 Å². The van der Waals surface area contributed by atoms with Crippen molar-refractivity contribution < 1.29 is 21.2 Å². The van der Waals surface area contributed by atoms with Gasteiger partial charge in [0, 0.05) is 44.3 Å². The van der Waals surface area contributed by atoms with Gasteiger partial charge in [0.25, 0.3) is 10.0 Å². The summed E-state index contributed by atoms with van der Waals surface area (Å²) in [5.41, 5.74) is 0.575. The van der Waals surface area contributed by atoms with Crippen molar-refractivity contribution in [3.8, 4) is 0 Å². The van der Waals surface area contributed by atoms with E-state index < -0.39 is 25.9 Å². The van der Waals surface area contributed by atoms with Gasteiger partial charge in [0.1, 0.15) is 5.82 Å². The first kappa shape index (κ1) is 24.9. The van der Waals surface area contributed by atoms with Gasteiger partial charge in [-0.15, -0.1) is 0 Å². The van der Waals surface area contributed by atoms with E-state index in [4.69, 9.17) is 12.2 Å². The van der Waals surface area contributed by atoms with Crippen molar-refractivity contribution in [2.45, 2.75) is 9.79 Å². The molecule has 0 aliphatic carbocycles. The van der Waals surface area contributed by atoms with Crippen LogP contribution >= 0.6 is 12.2 Å². The minimum atomic E-state index is -3.85. The number of sulfonamides is 2. The molecule has 1 fully saturated rings. The molecular weight excluding hydrogens is 515 g/mol. The van der Waals surface area contributed by atoms with Crippen molar-refractivity contribution >= 4 is 49.0 Å². The van der Waals surface area contributed by atoms with Crippen LogP contribution in [-0.4, -0.2) is 67.3 Å². The second-order valence-electron chi connectivity index (χ2n) is 7.48. The standard InChI is InChI=1S/C21H21FN6O4S3/c22-16-2-6-19(7-3-16)35(31,32)28-14-12-27(13-15-28)21(33)25-17-4-8-18(9-5-17)34(29,30)26-20-23-10-1-11-24-20/h1-11H,12-15H2,(H,25,33)(H,23,24,26). The molecule has 2 aromatic carbocycles. The topological polar surface area (TPSA) is 125 Å². The highest BCUT2D eigenvalue weighted by Crippen LogP contribution is 2.20. The lowest BCUT2D eigenvalue weighted by Gasteiger charge is -2.35. The first-order chi connectivity index (χ1) is 16.6. The van der Waals surface area contributed by atoms with E-state index in [-0.39, 0.29) is 28.8 Å². The fourth-order valence-corrected chi connectivity index (χ4v) is 6.02. The second-order valence-corrected chi connectivity index (χ2v) is 11.5. The van der Waals surface area contributed by atoms with Gasteiger partial charge >= 0.3 is 0 Å². The van der Waals surface area contributed by atoms with Crippen LogP contribution in [0.3, 0.4) is 0 Å². The monoisotopic (exact) mass is 536 g/mol. The van der Waals surface area contributed by atoms with E-state index >= 15 is 0 Å². The van der Waals surface area contributed by atoms with Crippen LogP contribution in [0.5, 0.6) is 0 Å². The lowest BCUT2D eigenvalue weighted by molar-refractivity contribution is 0.268. The van der Waals surface area contributed by atoms with E-state index in [0.717, 1.165) is 12.1 Å². The van der Waals surface area contributed by atoms with Crippen LogP contribution in [0.15, 0.2) is 76.8 Å². The maximum Gasteiger partial charge on any atom is 0.264 e. The van der Waals surface area contributed by atoms with Gasteiger partial charge in [0.05, 0.1) is 9.79 Å². The van der Waals surface area contributed by atoms with Gasteiger partial charge in [-0.2, -0.15) is 4.31 Å². The highest BCUT2D eigenvalue weighted by Gasteiger charge is 2.29. The number of hydrogen-bond donors (Lipinski definition) is 2. The van der Waals surface area contributed by atoms with Crippen molar-refractivity contribution in [2.75, 3.05) is 36.2 Å². The highest BCUT2D eigenvalue weighted by molar-refractivity contribution is 7.92. The number of rotatable bonds is 6. The molecule has 0 bridgehead atoms. The summed E-state index contributed by atoms with van der Waals surface area (Å²) in [6.07, 6.45) is 2.85. The van der Waals surface area contributed by atoms with Crippen LogP contribution in [0.2, 0.25) is 0 Å². The van der Waals surface area contributed by atoms with Crippen LogP contribution in [0.4, 0.5) is 16.0 Å². The fraction of sp³-hybridized carbons (Fsp3) is 0.190. The lowest BCUT2D eigenvalue weighted by atomic mass is 10.3. The minimum absolute atomic E-state index is 0.0287. The Morgan fingerprint density at radius 3 is 2.03 bits per heavy atom. The average Bonchev–Trinajstić information content (AvgIpc) is 2.85. The van der Waals surface area contributed by atoms with Crippen molar-refractivity contribution in [3.05, 3.63) is 72.8 Å². The molecule has 14 heteroatoms. The summed E-state index contributed by atoms with van der Waals surface area (Å²) in [5, 5.41) is 3.42. The summed E-state index contributed by atoms with van der Waals surface area (Å²) in [4.78, 5) is 9.58. The zero-order valence-electron chi connectivity index (χ0n) is 18.2. The van der Waals surface area contributed by atoms with Gasteiger partial charge in [-0.3, -0.25) is 0 Å². The Morgan fingerprint density at radius 1 is 0.857 bits per heavy atom. The third-order valence-electron chi connectivity index (χ3n) is 5.18. The minimum Gasteiger partial charge on any atom is -0.346 e. The maximum absolute atomic E-state index is 13.1. The van der Waals surface area contributed by atoms with E-state index in [9.17, 15) is 21.2 Å². The van der Waals surface area contributed by atoms with Crippen LogP contribution in [0, 0.1) is 5.82 Å². The van der Waals surface area contributed by atoms with Crippen LogP contribution in [-0.2, 0) is 20.0 Å². The molecule has 4 rings (SSSR count). The Hall–Kier alpha value is -3.20. The number of nitrogens with one attached hydrogen (secondary N) is 2. The summed E-state index contributed by atoms with van der Waals surface area (Å²) in [7, 11) is -7.58. The molecule has 3 aromatic rings. The number of nitrogens with zero attached hydrogens (tertiary/aromatic N) is 4. The molecule has 1 aliphatic rings. The fourth-order valence-electron chi connectivity index (χ4n) is 3.34. The Morgan fingerprint density at radius 2 is 1.43 bits per heavy atom. The summed E-state index contributed by atoms with van der Waals surface area (Å²) < 4.78 is 67.3. The normalized spacial score (nSPS) is 14.9. The first-order valence-electron chi connectivity index (χ1n) is 10.4. The molecule has 10 nitrogen and oxygen atoms in total. The van der Waals surface area contributed by atoms with E-state index in [1.165, 1.54) is 41.0 Å². The maximum atomic E-state index is 13.1. The van der Waals surface area contributed by atoms with Gasteiger partial charge in [0.15, 0.2) is 5.11 Å². The Balaban J connectivity index is 1.34. The number of anilines is 2. The van der Waals surface area contributed by atoms with E-state index in [1.54, 1.807) is 18.2 Å². The van der Waals surface area contributed by atoms with Crippen molar-refractivity contribution in [2.24, 2.45) is 0 Å². The Bertz CT molecular complexity index is 1400. The SMILES string of the molecule is O=S(=O)(Nc1ncccn1)c1ccc(NC(=S)N2CCN(S(=O)(=O)c3ccc(F)cc3)CC2)cc1. The third kappa shape index (κ3) is 5.90. The largest absolute Gasteiger partial charge is 0.346 e. The number of thiocarbonyl (C=S) groups is 1. The molecule has 2 heterocycles. The molecular formula is C21H21FN6O4S3. The quantitative estimate of drug-likeness (QED) is 0.456. The summed E-state index contributed by atoms with van der Waals surface area (Å²) >= 11 is 5.45. The third-order valence-corrected chi connectivity index (χ3v) is 8.80. The van der Waals surface area contributed by atoms with E-state index in [0.29, 0.717) is 23.9 Å². The zero-order chi connectivity index (χ0) is 25.1. The molecule has 0 spiro atoms. The van der Waals surface area contributed by atoms with E-state index in [1.807, 2.05) is 4.90 Å². The summed E-state index contributed by atoms with van der Waals surface area (Å²) in [6.45, 7) is 1.15. The van der Waals surface area contributed by atoms with Gasteiger partial charge in [0.2, 0.25) is 16.0 Å². The molecule has 0 unspecified atom stereocenters. The van der Waals surface area contributed by atoms with Crippen LogP contribution in [0.25, 0.3) is 0 Å². The molecule has 1 aromatic heterocycles. The molecule has 1 saturated heterocycles. The highest BCUT2D eigenvalue weighted by atomic mass is 32.2. The molecule has 0 radical (unpaired) electrons. The van der Waals surface area contributed by atoms with Crippen LogP contribution < -0.4 is 10.0 Å². The molecule has 0 amide bonds. The molecule has 184 valence electrons. The lowest BCUT2D eigenvalue weighted by Crippen LogP contribution is -2.51. The van der Waals surface area contributed by atoms with Gasteiger partial charge in [-0.25, -0.2) is 35.9 Å². The summed E-state index contributed by atoms with van der Waals surface area (Å²) in [6, 6.07) is 12.3. The molecule has 1 aliphatic heterocycles. The Labute approximate surface area is 207 Å². The van der Waals surface area contributed by atoms with Crippen molar-refractivity contribution in [1.29, 1.82) is 0 Å². The summed E-state index contributed by atoms with van der Waals surface area (Å²) in [5.74, 6) is -0.534. The predicted molar refractivity (Wildman–Crippen MR) is 132 cm³/mol. The van der Waals surface area contributed by atoms with Crippen molar-refractivity contribution in [1.82, 2.24) is 19.2 Å². The predicted octanol–water partition coefficient (Wildman–Crippen LogP) is 2.12. The van der Waals surface area contributed by atoms with Gasteiger partial charge in [-0.1, -0.05) is 0 Å². The second kappa shape index (κ2) is 10.2. The zero-order valence-corrected chi connectivity index (χ0v) is 20.7. The van der Waals surface area contributed by atoms with Crippen molar-refractivity contribution in [3.63, 3.8) is 0 Å². The Kier molecular flexibility index (Phi) is 7.25. The molecule has 0 atom stereocenters. The molecule has 35 heavy (non-hydrogen) atoms. The average molecular weight is 537 g/mol. The van der Waals surface area contributed by atoms with E-state index in [2.05, 4.69) is 20.0 Å². The number of piperazine rings is 1. The molecule has 0 saturated carbocycles. The number of aromatic nitrogens is 2. The number of halogens is 1. The molecule has 2 N–H and O–H groups in total. The number of hydrogen-bond acceptors (Lipinski definition) is 7. The first-order valence-corrected chi connectivity index (χ1v) is 13.7. The van der Waals surface area contributed by atoms with Gasteiger partial charge < -0.3 is 10.2 Å².